The van der Waals surface area contributed by atoms with E-state index >= 15 is 0 Å². The van der Waals surface area contributed by atoms with Crippen LogP contribution in [0.4, 0.5) is 0 Å². The molecular formula is C14H26N2O2. The Morgan fingerprint density at radius 1 is 1.44 bits per heavy atom. The minimum absolute atomic E-state index is 0.0295. The molecule has 0 saturated carbocycles. The van der Waals surface area contributed by atoms with Gasteiger partial charge in [-0.1, -0.05) is 13.8 Å². The van der Waals surface area contributed by atoms with Gasteiger partial charge in [0.2, 0.25) is 5.91 Å². The van der Waals surface area contributed by atoms with Crippen LogP contribution < -0.4 is 5.32 Å². The normalized spacial score (nSPS) is 32.8. The van der Waals surface area contributed by atoms with Crippen LogP contribution in [0.15, 0.2) is 0 Å². The summed E-state index contributed by atoms with van der Waals surface area (Å²) in [6.45, 7) is 8.47. The van der Waals surface area contributed by atoms with Crippen LogP contribution in [0.1, 0.15) is 33.1 Å². The van der Waals surface area contributed by atoms with Crippen LogP contribution in [0, 0.1) is 11.8 Å². The maximum Gasteiger partial charge on any atom is 0.229 e. The van der Waals surface area contributed by atoms with Gasteiger partial charge >= 0.3 is 0 Å². The van der Waals surface area contributed by atoms with E-state index in [1.165, 1.54) is 6.42 Å². The number of nitrogens with one attached hydrogen (secondary N) is 1. The fourth-order valence-electron chi connectivity index (χ4n) is 2.95. The molecule has 3 unspecified atom stereocenters. The SMILES string of the molecule is CCCNC1COCC1C(=O)N1CCCC(C)C1. The van der Waals surface area contributed by atoms with Gasteiger partial charge in [-0.3, -0.25) is 4.79 Å². The molecule has 1 N–H and O–H groups in total. The van der Waals surface area contributed by atoms with E-state index in [1.807, 2.05) is 4.90 Å². The highest BCUT2D eigenvalue weighted by molar-refractivity contribution is 5.80. The molecule has 0 aromatic heterocycles. The van der Waals surface area contributed by atoms with E-state index in [9.17, 15) is 4.79 Å². The van der Waals surface area contributed by atoms with E-state index in [0.29, 0.717) is 25.0 Å². The molecule has 4 nitrogen and oxygen atoms in total. The lowest BCUT2D eigenvalue weighted by atomic mass is 9.96. The number of hydrogen-bond acceptors (Lipinski definition) is 3. The quantitative estimate of drug-likeness (QED) is 0.821. The predicted molar refractivity (Wildman–Crippen MR) is 71.4 cm³/mol. The van der Waals surface area contributed by atoms with Gasteiger partial charge in [0.1, 0.15) is 0 Å². The zero-order valence-electron chi connectivity index (χ0n) is 11.7. The van der Waals surface area contributed by atoms with Gasteiger partial charge in [-0.25, -0.2) is 0 Å². The third-order valence-corrected chi connectivity index (χ3v) is 4.02. The first kappa shape index (κ1) is 13.8. The van der Waals surface area contributed by atoms with E-state index in [1.54, 1.807) is 0 Å². The van der Waals surface area contributed by atoms with Crippen LogP contribution >= 0.6 is 0 Å². The molecule has 0 spiro atoms. The van der Waals surface area contributed by atoms with Gasteiger partial charge < -0.3 is 15.0 Å². The molecule has 18 heavy (non-hydrogen) atoms. The lowest BCUT2D eigenvalue weighted by Crippen LogP contribution is -2.48. The molecule has 104 valence electrons. The van der Waals surface area contributed by atoms with E-state index in [-0.39, 0.29) is 12.0 Å². The van der Waals surface area contributed by atoms with Crippen molar-refractivity contribution in [3.05, 3.63) is 0 Å². The van der Waals surface area contributed by atoms with Crippen molar-refractivity contribution in [2.75, 3.05) is 32.8 Å². The monoisotopic (exact) mass is 254 g/mol. The predicted octanol–water partition coefficient (Wildman–Crippen LogP) is 1.26. The van der Waals surface area contributed by atoms with Crippen molar-refractivity contribution in [1.82, 2.24) is 10.2 Å². The first-order chi connectivity index (χ1) is 8.72. The van der Waals surface area contributed by atoms with Gasteiger partial charge in [0, 0.05) is 19.1 Å². The van der Waals surface area contributed by atoms with Crippen LogP contribution in [0.3, 0.4) is 0 Å². The smallest absolute Gasteiger partial charge is 0.229 e. The number of nitrogens with zero attached hydrogens (tertiary/aromatic N) is 1. The number of carbonyl (C=O) groups excluding carboxylic acids is 1. The molecule has 2 aliphatic rings. The topological polar surface area (TPSA) is 41.6 Å². The summed E-state index contributed by atoms with van der Waals surface area (Å²) in [5, 5.41) is 3.44. The molecule has 2 aliphatic heterocycles. The summed E-state index contributed by atoms with van der Waals surface area (Å²) in [5.74, 6) is 0.974. The standard InChI is InChI=1S/C14H26N2O2/c1-3-6-15-13-10-18-9-12(13)14(17)16-7-4-5-11(2)8-16/h11-13,15H,3-10H2,1-2H3. The number of ether oxygens (including phenoxy) is 1. The van der Waals surface area contributed by atoms with Crippen LogP contribution in [0.5, 0.6) is 0 Å². The highest BCUT2D eigenvalue weighted by Crippen LogP contribution is 2.22. The number of carbonyl (C=O) groups is 1. The summed E-state index contributed by atoms with van der Waals surface area (Å²) < 4.78 is 5.50. The Bertz CT molecular complexity index is 283. The Morgan fingerprint density at radius 2 is 2.28 bits per heavy atom. The highest BCUT2D eigenvalue weighted by Gasteiger charge is 2.37. The Labute approximate surface area is 110 Å². The minimum Gasteiger partial charge on any atom is -0.379 e. The first-order valence-electron chi connectivity index (χ1n) is 7.32. The average Bonchev–Trinajstić information content (AvgIpc) is 2.83. The lowest BCUT2D eigenvalue weighted by Gasteiger charge is -2.33. The molecular weight excluding hydrogens is 228 g/mol. The van der Waals surface area contributed by atoms with Crippen molar-refractivity contribution >= 4 is 5.91 Å². The summed E-state index contributed by atoms with van der Waals surface area (Å²) in [5.41, 5.74) is 0. The third kappa shape index (κ3) is 3.23. The molecule has 0 bridgehead atoms. The second-order valence-electron chi connectivity index (χ2n) is 5.74. The Hall–Kier alpha value is -0.610. The number of piperidine rings is 1. The summed E-state index contributed by atoms with van der Waals surface area (Å²) >= 11 is 0. The molecule has 2 heterocycles. The average molecular weight is 254 g/mol. The van der Waals surface area contributed by atoms with Crippen molar-refractivity contribution < 1.29 is 9.53 Å². The van der Waals surface area contributed by atoms with Crippen molar-refractivity contribution in [2.45, 2.75) is 39.2 Å². The summed E-state index contributed by atoms with van der Waals surface area (Å²) in [4.78, 5) is 14.6. The molecule has 3 atom stereocenters. The van der Waals surface area contributed by atoms with Crippen LogP contribution in [0.2, 0.25) is 0 Å². The maximum absolute atomic E-state index is 12.5. The molecule has 0 aromatic carbocycles. The molecule has 2 rings (SSSR count). The van der Waals surface area contributed by atoms with E-state index in [4.69, 9.17) is 4.74 Å². The first-order valence-corrected chi connectivity index (χ1v) is 7.32. The molecule has 0 aliphatic carbocycles. The van der Waals surface area contributed by atoms with Crippen molar-refractivity contribution in [2.24, 2.45) is 11.8 Å². The highest BCUT2D eigenvalue weighted by atomic mass is 16.5. The van der Waals surface area contributed by atoms with Crippen molar-refractivity contribution in [3.63, 3.8) is 0 Å². The minimum atomic E-state index is 0.0295. The van der Waals surface area contributed by atoms with E-state index in [2.05, 4.69) is 19.2 Å². The van der Waals surface area contributed by atoms with Gasteiger partial charge in [-0.2, -0.15) is 0 Å². The second kappa shape index (κ2) is 6.53. The molecule has 0 aromatic rings. The molecule has 0 radical (unpaired) electrons. The zero-order valence-corrected chi connectivity index (χ0v) is 11.7. The van der Waals surface area contributed by atoms with Crippen molar-refractivity contribution in [3.8, 4) is 0 Å². The third-order valence-electron chi connectivity index (χ3n) is 4.02. The van der Waals surface area contributed by atoms with Crippen LogP contribution in [-0.4, -0.2) is 49.7 Å². The molecule has 1 amide bonds. The second-order valence-corrected chi connectivity index (χ2v) is 5.74. The number of rotatable bonds is 4. The Kier molecular flexibility index (Phi) is 5.01. The molecule has 2 saturated heterocycles. The van der Waals surface area contributed by atoms with Gasteiger partial charge in [0.05, 0.1) is 19.1 Å². The lowest BCUT2D eigenvalue weighted by molar-refractivity contribution is -0.137. The molecule has 2 fully saturated rings. The largest absolute Gasteiger partial charge is 0.379 e. The van der Waals surface area contributed by atoms with Crippen LogP contribution in [0.25, 0.3) is 0 Å². The Morgan fingerprint density at radius 3 is 3.00 bits per heavy atom. The van der Waals surface area contributed by atoms with E-state index in [0.717, 1.165) is 32.5 Å². The molecule has 4 heteroatoms. The van der Waals surface area contributed by atoms with Gasteiger partial charge in [0.15, 0.2) is 0 Å². The fourth-order valence-corrected chi connectivity index (χ4v) is 2.95. The summed E-state index contributed by atoms with van der Waals surface area (Å²) in [7, 11) is 0. The number of likely N-dealkylation sites (tertiary alicyclic amines) is 1. The van der Waals surface area contributed by atoms with Gasteiger partial charge in [-0.05, 0) is 31.7 Å². The zero-order chi connectivity index (χ0) is 13.0. The van der Waals surface area contributed by atoms with E-state index < -0.39 is 0 Å². The summed E-state index contributed by atoms with van der Waals surface area (Å²) in [6, 6.07) is 0.217. The van der Waals surface area contributed by atoms with Crippen molar-refractivity contribution in [1.29, 1.82) is 0 Å². The Balaban J connectivity index is 1.90. The van der Waals surface area contributed by atoms with Crippen LogP contribution in [-0.2, 0) is 9.53 Å². The number of amides is 1. The fraction of sp³-hybridized carbons (Fsp3) is 0.929. The number of hydrogen-bond donors (Lipinski definition) is 1. The van der Waals surface area contributed by atoms with Gasteiger partial charge in [0.25, 0.3) is 0 Å². The van der Waals surface area contributed by atoms with Gasteiger partial charge in [-0.15, -0.1) is 0 Å². The maximum atomic E-state index is 12.5. The summed E-state index contributed by atoms with van der Waals surface area (Å²) in [6.07, 6.45) is 3.49.